The third-order valence-electron chi connectivity index (χ3n) is 3.31. The van der Waals surface area contributed by atoms with Crippen LogP contribution < -0.4 is 5.32 Å². The van der Waals surface area contributed by atoms with Crippen LogP contribution in [-0.4, -0.2) is 32.8 Å². The van der Waals surface area contributed by atoms with Gasteiger partial charge in [-0.3, -0.25) is 9.59 Å². The van der Waals surface area contributed by atoms with Crippen LogP contribution in [0.25, 0.3) is 5.69 Å². The number of aromatic nitrogens is 2. The molecule has 1 heterocycles. The molecule has 116 valence electrons. The molecule has 1 aromatic heterocycles. The van der Waals surface area contributed by atoms with Crippen molar-refractivity contribution in [3.63, 3.8) is 0 Å². The standard InChI is InChI=1S/C15H16FN3O3/c1-8-13(14(20)17-9(2)15(21)22)10(3)19(18-8)12-6-4-11(16)5-7-12/h4-7,9H,1-3H3,(H,17,20)(H,21,22)/t9-/m0/s1. The zero-order valence-electron chi connectivity index (χ0n) is 12.4. The summed E-state index contributed by atoms with van der Waals surface area (Å²) in [7, 11) is 0. The van der Waals surface area contributed by atoms with Gasteiger partial charge in [0.1, 0.15) is 11.9 Å². The zero-order chi connectivity index (χ0) is 16.4. The molecule has 2 aromatic rings. The van der Waals surface area contributed by atoms with Gasteiger partial charge in [0.15, 0.2) is 0 Å². The Morgan fingerprint density at radius 2 is 1.86 bits per heavy atom. The van der Waals surface area contributed by atoms with Crippen LogP contribution in [0.15, 0.2) is 24.3 Å². The summed E-state index contributed by atoms with van der Waals surface area (Å²) in [5.74, 6) is -1.98. The molecule has 0 saturated heterocycles. The van der Waals surface area contributed by atoms with Crippen molar-refractivity contribution >= 4 is 11.9 Å². The van der Waals surface area contributed by atoms with Crippen molar-refractivity contribution in [3.8, 4) is 5.69 Å². The molecular formula is C15H16FN3O3. The molecule has 0 radical (unpaired) electrons. The monoisotopic (exact) mass is 305 g/mol. The third kappa shape index (κ3) is 2.98. The SMILES string of the molecule is Cc1nn(-c2ccc(F)cc2)c(C)c1C(=O)N[C@@H](C)C(=O)O. The summed E-state index contributed by atoms with van der Waals surface area (Å²) in [6.45, 7) is 4.74. The van der Waals surface area contributed by atoms with Crippen LogP contribution in [0.2, 0.25) is 0 Å². The molecular weight excluding hydrogens is 289 g/mol. The van der Waals surface area contributed by atoms with Crippen molar-refractivity contribution in [1.29, 1.82) is 0 Å². The van der Waals surface area contributed by atoms with Crippen LogP contribution in [0.1, 0.15) is 28.7 Å². The molecule has 2 rings (SSSR count). The molecule has 0 saturated carbocycles. The number of amides is 1. The average Bonchev–Trinajstić information content (AvgIpc) is 2.74. The van der Waals surface area contributed by atoms with Crippen LogP contribution in [-0.2, 0) is 4.79 Å². The summed E-state index contributed by atoms with van der Waals surface area (Å²) in [5, 5.41) is 15.5. The fourth-order valence-corrected chi connectivity index (χ4v) is 2.14. The van der Waals surface area contributed by atoms with Crippen molar-refractivity contribution in [2.24, 2.45) is 0 Å². The number of benzene rings is 1. The molecule has 0 spiro atoms. The number of carbonyl (C=O) groups excluding carboxylic acids is 1. The van der Waals surface area contributed by atoms with E-state index in [9.17, 15) is 14.0 Å². The minimum absolute atomic E-state index is 0.317. The highest BCUT2D eigenvalue weighted by molar-refractivity contribution is 5.98. The molecule has 2 N–H and O–H groups in total. The van der Waals surface area contributed by atoms with Crippen LogP contribution in [0.3, 0.4) is 0 Å². The van der Waals surface area contributed by atoms with Gasteiger partial charge in [-0.15, -0.1) is 0 Å². The molecule has 1 atom stereocenters. The summed E-state index contributed by atoms with van der Waals surface area (Å²) < 4.78 is 14.5. The molecule has 0 aliphatic carbocycles. The summed E-state index contributed by atoms with van der Waals surface area (Å²) in [5.41, 5.74) is 1.96. The zero-order valence-corrected chi connectivity index (χ0v) is 12.4. The number of carbonyl (C=O) groups is 2. The van der Waals surface area contributed by atoms with E-state index in [1.165, 1.54) is 23.7 Å². The van der Waals surface area contributed by atoms with Gasteiger partial charge in [-0.05, 0) is 45.0 Å². The van der Waals surface area contributed by atoms with Crippen molar-refractivity contribution < 1.29 is 19.1 Å². The molecule has 1 aromatic carbocycles. The quantitative estimate of drug-likeness (QED) is 0.902. The average molecular weight is 305 g/mol. The van der Waals surface area contributed by atoms with E-state index in [1.54, 1.807) is 26.0 Å². The number of carboxylic acid groups (broad SMARTS) is 1. The van der Waals surface area contributed by atoms with E-state index in [4.69, 9.17) is 5.11 Å². The van der Waals surface area contributed by atoms with Crippen molar-refractivity contribution in [1.82, 2.24) is 15.1 Å². The van der Waals surface area contributed by atoms with Gasteiger partial charge in [-0.1, -0.05) is 0 Å². The highest BCUT2D eigenvalue weighted by atomic mass is 19.1. The van der Waals surface area contributed by atoms with Crippen molar-refractivity contribution in [3.05, 3.63) is 47.0 Å². The Balaban J connectivity index is 2.37. The van der Waals surface area contributed by atoms with Gasteiger partial charge in [-0.25, -0.2) is 9.07 Å². The molecule has 0 fully saturated rings. The molecule has 1 amide bonds. The number of carboxylic acids is 1. The number of aryl methyl sites for hydroxylation is 1. The second kappa shape index (κ2) is 5.97. The maximum atomic E-state index is 13.0. The lowest BCUT2D eigenvalue weighted by Crippen LogP contribution is -2.38. The van der Waals surface area contributed by atoms with E-state index in [-0.39, 0.29) is 5.82 Å². The smallest absolute Gasteiger partial charge is 0.325 e. The maximum Gasteiger partial charge on any atom is 0.325 e. The lowest BCUT2D eigenvalue weighted by atomic mass is 10.1. The Morgan fingerprint density at radius 1 is 1.27 bits per heavy atom. The van der Waals surface area contributed by atoms with E-state index in [1.807, 2.05) is 0 Å². The summed E-state index contributed by atoms with van der Waals surface area (Å²) >= 11 is 0. The lowest BCUT2D eigenvalue weighted by molar-refractivity contribution is -0.138. The lowest BCUT2D eigenvalue weighted by Gasteiger charge is -2.09. The van der Waals surface area contributed by atoms with E-state index < -0.39 is 17.9 Å². The second-order valence-electron chi connectivity index (χ2n) is 4.97. The van der Waals surface area contributed by atoms with Gasteiger partial charge in [0, 0.05) is 0 Å². The fraction of sp³-hybridized carbons (Fsp3) is 0.267. The number of halogens is 1. The number of hydrogen-bond donors (Lipinski definition) is 2. The molecule has 6 nitrogen and oxygen atoms in total. The third-order valence-corrected chi connectivity index (χ3v) is 3.31. The van der Waals surface area contributed by atoms with Gasteiger partial charge in [0.25, 0.3) is 5.91 Å². The first-order valence-corrected chi connectivity index (χ1v) is 6.67. The van der Waals surface area contributed by atoms with Gasteiger partial charge in [0.2, 0.25) is 0 Å². The molecule has 7 heteroatoms. The topological polar surface area (TPSA) is 84.2 Å². The first kappa shape index (κ1) is 15.7. The Hall–Kier alpha value is -2.70. The molecule has 0 unspecified atom stereocenters. The summed E-state index contributed by atoms with van der Waals surface area (Å²) in [4.78, 5) is 23.0. The Labute approximate surface area is 126 Å². The summed E-state index contributed by atoms with van der Waals surface area (Å²) in [6, 6.07) is 4.71. The highest BCUT2D eigenvalue weighted by Gasteiger charge is 2.22. The van der Waals surface area contributed by atoms with Gasteiger partial charge >= 0.3 is 5.97 Å². The molecule has 0 aliphatic rings. The van der Waals surface area contributed by atoms with E-state index >= 15 is 0 Å². The van der Waals surface area contributed by atoms with Crippen molar-refractivity contribution in [2.75, 3.05) is 0 Å². The van der Waals surface area contributed by atoms with Gasteiger partial charge in [-0.2, -0.15) is 5.10 Å². The van der Waals surface area contributed by atoms with E-state index in [2.05, 4.69) is 10.4 Å². The number of hydrogen-bond acceptors (Lipinski definition) is 3. The Bertz CT molecular complexity index is 722. The first-order chi connectivity index (χ1) is 10.3. The van der Waals surface area contributed by atoms with Gasteiger partial charge < -0.3 is 10.4 Å². The Morgan fingerprint density at radius 3 is 2.41 bits per heavy atom. The van der Waals surface area contributed by atoms with Crippen LogP contribution in [0.4, 0.5) is 4.39 Å². The van der Waals surface area contributed by atoms with Crippen LogP contribution in [0.5, 0.6) is 0 Å². The predicted molar refractivity (Wildman–Crippen MR) is 77.6 cm³/mol. The number of aliphatic carboxylic acids is 1. The number of nitrogens with one attached hydrogen (secondary N) is 1. The second-order valence-corrected chi connectivity index (χ2v) is 4.97. The number of rotatable bonds is 4. The van der Waals surface area contributed by atoms with Gasteiger partial charge in [0.05, 0.1) is 22.6 Å². The fourth-order valence-electron chi connectivity index (χ4n) is 2.14. The Kier molecular flexibility index (Phi) is 4.25. The summed E-state index contributed by atoms with van der Waals surface area (Å²) in [6.07, 6.45) is 0. The van der Waals surface area contributed by atoms with Crippen LogP contribution in [0, 0.1) is 19.7 Å². The molecule has 0 aliphatic heterocycles. The van der Waals surface area contributed by atoms with Crippen molar-refractivity contribution in [2.45, 2.75) is 26.8 Å². The molecule has 0 bridgehead atoms. The molecule has 22 heavy (non-hydrogen) atoms. The number of nitrogens with zero attached hydrogens (tertiary/aromatic N) is 2. The highest BCUT2D eigenvalue weighted by Crippen LogP contribution is 2.18. The minimum atomic E-state index is -1.12. The van der Waals surface area contributed by atoms with E-state index in [0.29, 0.717) is 22.6 Å². The van der Waals surface area contributed by atoms with E-state index in [0.717, 1.165) is 0 Å². The largest absolute Gasteiger partial charge is 0.480 e. The minimum Gasteiger partial charge on any atom is -0.480 e. The normalized spacial score (nSPS) is 12.0. The maximum absolute atomic E-state index is 13.0. The van der Waals surface area contributed by atoms with Crippen LogP contribution >= 0.6 is 0 Å². The predicted octanol–water partition coefficient (Wildman–Crippen LogP) is 1.83. The first-order valence-electron chi connectivity index (χ1n) is 6.67.